The van der Waals surface area contributed by atoms with Gasteiger partial charge in [-0.2, -0.15) is 0 Å². The number of rotatable bonds is 3. The summed E-state index contributed by atoms with van der Waals surface area (Å²) < 4.78 is 5.90. The van der Waals surface area contributed by atoms with E-state index in [1.165, 1.54) is 0 Å². The molecule has 1 atom stereocenters. The van der Waals surface area contributed by atoms with Crippen molar-refractivity contribution in [3.05, 3.63) is 6.42 Å². The molecule has 76 valence electrons. The Bertz CT molecular complexity index is 200. The minimum absolute atomic E-state index is 0. The smallest absolute Gasteiger partial charge is 0.693 e. The molecule has 0 aromatic rings. The van der Waals surface area contributed by atoms with Gasteiger partial charge in [0.25, 0.3) is 0 Å². The maximum absolute atomic E-state index is 6.96. The standard InChI is InChI=1S/C11H21OSi.Li/c1-8-10(2)9-12-13(6,7)11(3,4)5;/h10H,9H2,2-7H3;/q-1;+1/t10-;/m1./s1. The van der Waals surface area contributed by atoms with Crippen LogP contribution < -0.4 is 18.9 Å². The largest absolute Gasteiger partial charge is 1.00 e. The summed E-state index contributed by atoms with van der Waals surface area (Å²) in [5.74, 6) is 2.56. The van der Waals surface area contributed by atoms with E-state index >= 15 is 0 Å². The maximum Gasteiger partial charge on any atom is 1.00 e. The van der Waals surface area contributed by atoms with Crippen LogP contribution in [0, 0.1) is 18.3 Å². The first-order valence-corrected chi connectivity index (χ1v) is 7.68. The minimum Gasteiger partial charge on any atom is -0.693 e. The quantitative estimate of drug-likeness (QED) is 0.363. The summed E-state index contributed by atoms with van der Waals surface area (Å²) >= 11 is 0. The van der Waals surface area contributed by atoms with E-state index in [0.717, 1.165) is 0 Å². The SMILES string of the molecule is [C-]#C[C@@H](C)CO[Si](C)(C)C(C)(C)C.[Li+]. The summed E-state index contributed by atoms with van der Waals surface area (Å²) in [6.45, 7) is 13.7. The normalized spacial score (nSPS) is 14.1. The molecule has 0 spiro atoms. The van der Waals surface area contributed by atoms with E-state index in [4.69, 9.17) is 10.8 Å². The Labute approximate surface area is 102 Å². The van der Waals surface area contributed by atoms with E-state index in [2.05, 4.69) is 39.8 Å². The fourth-order valence-electron chi connectivity index (χ4n) is 0.592. The van der Waals surface area contributed by atoms with E-state index in [1.807, 2.05) is 6.92 Å². The molecule has 0 unspecified atom stereocenters. The Morgan fingerprint density at radius 3 is 2.07 bits per heavy atom. The van der Waals surface area contributed by atoms with Crippen LogP contribution in [0.5, 0.6) is 0 Å². The molecule has 0 aliphatic heterocycles. The van der Waals surface area contributed by atoms with Crippen molar-refractivity contribution in [1.82, 2.24) is 0 Å². The van der Waals surface area contributed by atoms with Crippen molar-refractivity contribution in [2.75, 3.05) is 6.61 Å². The average molecular weight is 204 g/mol. The average Bonchev–Trinajstić information content (AvgIpc) is 1.98. The van der Waals surface area contributed by atoms with E-state index in [1.54, 1.807) is 0 Å². The van der Waals surface area contributed by atoms with Gasteiger partial charge in [-0.1, -0.05) is 27.7 Å². The number of hydrogen-bond acceptors (Lipinski definition) is 1. The van der Waals surface area contributed by atoms with Gasteiger partial charge < -0.3 is 16.8 Å². The van der Waals surface area contributed by atoms with Crippen molar-refractivity contribution in [1.29, 1.82) is 0 Å². The van der Waals surface area contributed by atoms with E-state index in [0.29, 0.717) is 6.61 Å². The molecule has 0 aromatic carbocycles. The van der Waals surface area contributed by atoms with Crippen LogP contribution in [-0.2, 0) is 4.43 Å². The molecule has 0 bridgehead atoms. The van der Waals surface area contributed by atoms with Crippen LogP contribution in [-0.4, -0.2) is 14.9 Å². The fraction of sp³-hybridized carbons (Fsp3) is 0.818. The predicted octanol–water partition coefficient (Wildman–Crippen LogP) is 0.238. The Morgan fingerprint density at radius 2 is 1.79 bits per heavy atom. The van der Waals surface area contributed by atoms with Crippen molar-refractivity contribution in [2.45, 2.75) is 45.8 Å². The molecule has 0 amide bonds. The van der Waals surface area contributed by atoms with Crippen LogP contribution in [0.1, 0.15) is 27.7 Å². The zero-order valence-electron chi connectivity index (χ0n) is 10.7. The molecule has 0 saturated carbocycles. The van der Waals surface area contributed by atoms with Crippen LogP contribution in [0.4, 0.5) is 0 Å². The molecule has 1 nitrogen and oxygen atoms in total. The second kappa shape index (κ2) is 6.03. The Kier molecular flexibility index (Phi) is 7.22. The first-order valence-electron chi connectivity index (χ1n) is 4.77. The monoisotopic (exact) mass is 204 g/mol. The predicted molar refractivity (Wildman–Crippen MR) is 59.4 cm³/mol. The van der Waals surface area contributed by atoms with Crippen LogP contribution >= 0.6 is 0 Å². The van der Waals surface area contributed by atoms with Gasteiger partial charge in [0.1, 0.15) is 0 Å². The zero-order chi connectivity index (χ0) is 10.7. The van der Waals surface area contributed by atoms with Gasteiger partial charge in [0.05, 0.1) is 0 Å². The molecule has 0 aliphatic carbocycles. The van der Waals surface area contributed by atoms with Crippen molar-refractivity contribution in [3.63, 3.8) is 0 Å². The second-order valence-corrected chi connectivity index (χ2v) is 9.93. The molecule has 0 aliphatic rings. The van der Waals surface area contributed by atoms with Gasteiger partial charge in [0.15, 0.2) is 8.32 Å². The third-order valence-electron chi connectivity index (χ3n) is 2.75. The molecule has 0 fully saturated rings. The summed E-state index contributed by atoms with van der Waals surface area (Å²) in [5.41, 5.74) is 0. The van der Waals surface area contributed by atoms with Gasteiger partial charge in [-0.15, -0.1) is 0 Å². The van der Waals surface area contributed by atoms with Gasteiger partial charge in [-0.25, -0.2) is 0 Å². The van der Waals surface area contributed by atoms with E-state index < -0.39 is 8.32 Å². The van der Waals surface area contributed by atoms with Crippen molar-refractivity contribution >= 4 is 8.32 Å². The maximum atomic E-state index is 6.96. The minimum atomic E-state index is -1.61. The molecule has 0 N–H and O–H groups in total. The molecule has 0 heterocycles. The third-order valence-corrected chi connectivity index (χ3v) is 7.25. The van der Waals surface area contributed by atoms with Crippen LogP contribution in [0.25, 0.3) is 0 Å². The topological polar surface area (TPSA) is 9.23 Å². The molecule has 14 heavy (non-hydrogen) atoms. The van der Waals surface area contributed by atoms with Crippen LogP contribution in [0.2, 0.25) is 18.1 Å². The van der Waals surface area contributed by atoms with E-state index in [-0.39, 0.29) is 29.8 Å². The van der Waals surface area contributed by atoms with Crippen LogP contribution in [0.15, 0.2) is 0 Å². The zero-order valence-corrected chi connectivity index (χ0v) is 11.7. The molecule has 0 radical (unpaired) electrons. The van der Waals surface area contributed by atoms with Crippen LogP contribution in [0.3, 0.4) is 0 Å². The third kappa shape index (κ3) is 5.27. The Balaban J connectivity index is 0. The Morgan fingerprint density at radius 1 is 1.36 bits per heavy atom. The molecule has 0 rings (SSSR count). The van der Waals surface area contributed by atoms with Crippen molar-refractivity contribution in [3.8, 4) is 5.92 Å². The second-order valence-electron chi connectivity index (χ2n) is 5.12. The van der Waals surface area contributed by atoms with Gasteiger partial charge in [0, 0.05) is 6.61 Å². The van der Waals surface area contributed by atoms with Crippen molar-refractivity contribution in [2.24, 2.45) is 5.92 Å². The molecule has 0 aromatic heterocycles. The van der Waals surface area contributed by atoms with Gasteiger partial charge in [-0.3, -0.25) is 0 Å². The first kappa shape index (κ1) is 16.8. The van der Waals surface area contributed by atoms with Gasteiger partial charge >= 0.3 is 18.9 Å². The summed E-state index contributed by atoms with van der Waals surface area (Å²) in [7, 11) is -1.61. The molecular formula is C11H21LiOSi. The van der Waals surface area contributed by atoms with Gasteiger partial charge in [-0.05, 0) is 24.1 Å². The summed E-state index contributed by atoms with van der Waals surface area (Å²) in [6, 6.07) is 0. The fourth-order valence-corrected chi connectivity index (χ4v) is 1.69. The Hall–Kier alpha value is 0.334. The molecule has 3 heteroatoms. The first-order chi connectivity index (χ1) is 5.70. The summed E-state index contributed by atoms with van der Waals surface area (Å²) in [6.07, 6.45) is 6.96. The van der Waals surface area contributed by atoms with E-state index in [9.17, 15) is 0 Å². The molecular weight excluding hydrogens is 183 g/mol. The number of hydrogen-bond donors (Lipinski definition) is 0. The summed E-state index contributed by atoms with van der Waals surface area (Å²) in [5, 5.41) is 0.259. The summed E-state index contributed by atoms with van der Waals surface area (Å²) in [4.78, 5) is 0. The molecule has 0 saturated heterocycles. The van der Waals surface area contributed by atoms with Gasteiger partial charge in [0.2, 0.25) is 0 Å². The van der Waals surface area contributed by atoms with Crippen molar-refractivity contribution < 1.29 is 23.3 Å².